The second-order valence-electron chi connectivity index (χ2n) is 3.98. The lowest BCUT2D eigenvalue weighted by Crippen LogP contribution is -1.99. The van der Waals surface area contributed by atoms with Crippen molar-refractivity contribution in [3.63, 3.8) is 0 Å². The van der Waals surface area contributed by atoms with Crippen LogP contribution >= 0.6 is 11.3 Å². The predicted molar refractivity (Wildman–Crippen MR) is 71.0 cm³/mol. The molecule has 3 nitrogen and oxygen atoms in total. The molecule has 3 aromatic rings. The molecule has 0 amide bonds. The third-order valence-electron chi connectivity index (χ3n) is 2.94. The standard InChI is InChI=1S/C13H13N3S/c14-6-10-2-1-3-13-12(10)4-5-16(13)7-11-8-17-9-15-11/h1-5,8-9H,6-7,14H2. The molecule has 0 aliphatic rings. The maximum atomic E-state index is 5.74. The van der Waals surface area contributed by atoms with Gasteiger partial charge in [-0.2, -0.15) is 0 Å². The first-order valence-electron chi connectivity index (χ1n) is 5.52. The van der Waals surface area contributed by atoms with E-state index in [0.29, 0.717) is 6.54 Å². The van der Waals surface area contributed by atoms with Gasteiger partial charge in [0.2, 0.25) is 0 Å². The Morgan fingerprint density at radius 3 is 3.00 bits per heavy atom. The Hall–Kier alpha value is -1.65. The monoisotopic (exact) mass is 243 g/mol. The quantitative estimate of drug-likeness (QED) is 0.768. The molecule has 0 aliphatic carbocycles. The predicted octanol–water partition coefficient (Wildman–Crippen LogP) is 2.60. The first kappa shape index (κ1) is 10.5. The fraction of sp³-hybridized carbons (Fsp3) is 0.154. The normalized spacial score (nSPS) is 11.1. The molecular weight excluding hydrogens is 230 g/mol. The zero-order valence-electron chi connectivity index (χ0n) is 9.34. The van der Waals surface area contributed by atoms with Crippen LogP contribution in [0, 0.1) is 0 Å². The third kappa shape index (κ3) is 1.85. The van der Waals surface area contributed by atoms with Gasteiger partial charge in [0, 0.05) is 29.0 Å². The molecule has 0 atom stereocenters. The smallest absolute Gasteiger partial charge is 0.0795 e. The topological polar surface area (TPSA) is 43.8 Å². The summed E-state index contributed by atoms with van der Waals surface area (Å²) in [6.45, 7) is 1.40. The molecule has 0 fully saturated rings. The summed E-state index contributed by atoms with van der Waals surface area (Å²) in [5.41, 5.74) is 11.1. The number of aromatic nitrogens is 2. The Bertz CT molecular complexity index is 625. The van der Waals surface area contributed by atoms with Gasteiger partial charge in [-0.1, -0.05) is 12.1 Å². The van der Waals surface area contributed by atoms with Gasteiger partial charge in [0.25, 0.3) is 0 Å². The molecule has 0 radical (unpaired) electrons. The molecule has 17 heavy (non-hydrogen) atoms. The molecule has 4 heteroatoms. The van der Waals surface area contributed by atoms with Gasteiger partial charge in [-0.25, -0.2) is 4.98 Å². The van der Waals surface area contributed by atoms with E-state index in [1.165, 1.54) is 16.5 Å². The Morgan fingerprint density at radius 1 is 1.29 bits per heavy atom. The number of fused-ring (bicyclic) bond motifs is 1. The number of benzene rings is 1. The van der Waals surface area contributed by atoms with E-state index >= 15 is 0 Å². The maximum Gasteiger partial charge on any atom is 0.0795 e. The minimum atomic E-state index is 0.581. The van der Waals surface area contributed by atoms with Crippen molar-refractivity contribution < 1.29 is 0 Å². The van der Waals surface area contributed by atoms with Crippen LogP contribution in [0.5, 0.6) is 0 Å². The summed E-state index contributed by atoms with van der Waals surface area (Å²) >= 11 is 1.63. The Morgan fingerprint density at radius 2 is 2.24 bits per heavy atom. The zero-order chi connectivity index (χ0) is 11.7. The van der Waals surface area contributed by atoms with Crippen molar-refractivity contribution >= 4 is 22.2 Å². The zero-order valence-corrected chi connectivity index (χ0v) is 10.2. The molecule has 0 aliphatic heterocycles. The van der Waals surface area contributed by atoms with Crippen molar-refractivity contribution in [3.05, 3.63) is 52.6 Å². The van der Waals surface area contributed by atoms with Gasteiger partial charge in [0.15, 0.2) is 0 Å². The van der Waals surface area contributed by atoms with Crippen molar-refractivity contribution in [1.82, 2.24) is 9.55 Å². The summed E-state index contributed by atoms with van der Waals surface area (Å²) in [5, 5.41) is 3.32. The van der Waals surface area contributed by atoms with Crippen molar-refractivity contribution in [2.24, 2.45) is 5.73 Å². The summed E-state index contributed by atoms with van der Waals surface area (Å²) in [4.78, 5) is 4.31. The van der Waals surface area contributed by atoms with Crippen LogP contribution in [-0.4, -0.2) is 9.55 Å². The first-order chi connectivity index (χ1) is 8.38. The van der Waals surface area contributed by atoms with Crippen LogP contribution in [0.25, 0.3) is 10.9 Å². The van der Waals surface area contributed by atoms with Gasteiger partial charge in [0.1, 0.15) is 0 Å². The fourth-order valence-electron chi connectivity index (χ4n) is 2.09. The van der Waals surface area contributed by atoms with Crippen LogP contribution < -0.4 is 5.73 Å². The molecule has 0 unspecified atom stereocenters. The Labute approximate surface area is 104 Å². The molecule has 0 spiro atoms. The lowest BCUT2D eigenvalue weighted by Gasteiger charge is -2.04. The summed E-state index contributed by atoms with van der Waals surface area (Å²) < 4.78 is 2.21. The van der Waals surface area contributed by atoms with Crippen molar-refractivity contribution in [2.75, 3.05) is 0 Å². The van der Waals surface area contributed by atoms with Crippen molar-refractivity contribution in [1.29, 1.82) is 0 Å². The van der Waals surface area contributed by atoms with E-state index in [9.17, 15) is 0 Å². The van der Waals surface area contributed by atoms with E-state index in [4.69, 9.17) is 5.73 Å². The Balaban J connectivity index is 2.06. The van der Waals surface area contributed by atoms with E-state index in [2.05, 4.69) is 45.4 Å². The van der Waals surface area contributed by atoms with Crippen LogP contribution in [0.2, 0.25) is 0 Å². The highest BCUT2D eigenvalue weighted by atomic mass is 32.1. The number of nitrogens with zero attached hydrogens (tertiary/aromatic N) is 2. The SMILES string of the molecule is NCc1cccc2c1ccn2Cc1cscn1. The molecule has 2 N–H and O–H groups in total. The van der Waals surface area contributed by atoms with E-state index in [1.54, 1.807) is 11.3 Å². The molecule has 2 heterocycles. The molecule has 1 aromatic carbocycles. The third-order valence-corrected chi connectivity index (χ3v) is 3.57. The first-order valence-corrected chi connectivity index (χ1v) is 6.46. The van der Waals surface area contributed by atoms with E-state index in [1.807, 2.05) is 5.51 Å². The number of thiazole rings is 1. The summed E-state index contributed by atoms with van der Waals surface area (Å²) in [6.07, 6.45) is 2.10. The van der Waals surface area contributed by atoms with E-state index in [-0.39, 0.29) is 0 Å². The number of hydrogen-bond donors (Lipinski definition) is 1. The minimum absolute atomic E-state index is 0.581. The highest BCUT2D eigenvalue weighted by Crippen LogP contribution is 2.21. The summed E-state index contributed by atoms with van der Waals surface area (Å²) in [7, 11) is 0. The van der Waals surface area contributed by atoms with Gasteiger partial charge < -0.3 is 10.3 Å². The second kappa shape index (κ2) is 4.31. The van der Waals surface area contributed by atoms with Crippen molar-refractivity contribution in [2.45, 2.75) is 13.1 Å². The van der Waals surface area contributed by atoms with Gasteiger partial charge >= 0.3 is 0 Å². The molecule has 0 saturated heterocycles. The second-order valence-corrected chi connectivity index (χ2v) is 4.70. The highest BCUT2D eigenvalue weighted by molar-refractivity contribution is 7.07. The van der Waals surface area contributed by atoms with Crippen molar-refractivity contribution in [3.8, 4) is 0 Å². The number of rotatable bonds is 3. The van der Waals surface area contributed by atoms with Gasteiger partial charge in [-0.3, -0.25) is 0 Å². The molecule has 2 aromatic heterocycles. The number of nitrogens with two attached hydrogens (primary N) is 1. The Kier molecular flexibility index (Phi) is 2.66. The van der Waals surface area contributed by atoms with Gasteiger partial charge in [0.05, 0.1) is 17.7 Å². The summed E-state index contributed by atoms with van der Waals surface area (Å²) in [6, 6.07) is 8.39. The van der Waals surface area contributed by atoms with Crippen LogP contribution in [0.4, 0.5) is 0 Å². The molecule has 0 bridgehead atoms. The largest absolute Gasteiger partial charge is 0.341 e. The molecule has 3 rings (SSSR count). The lowest BCUT2D eigenvalue weighted by molar-refractivity contribution is 0.814. The molecule has 86 valence electrons. The maximum absolute atomic E-state index is 5.74. The number of hydrogen-bond acceptors (Lipinski definition) is 3. The summed E-state index contributed by atoms with van der Waals surface area (Å²) in [5.74, 6) is 0. The molecule has 0 saturated carbocycles. The van der Waals surface area contributed by atoms with Crippen LogP contribution in [-0.2, 0) is 13.1 Å². The van der Waals surface area contributed by atoms with Crippen LogP contribution in [0.1, 0.15) is 11.3 Å². The highest BCUT2D eigenvalue weighted by Gasteiger charge is 2.05. The van der Waals surface area contributed by atoms with Crippen LogP contribution in [0.3, 0.4) is 0 Å². The van der Waals surface area contributed by atoms with E-state index in [0.717, 1.165) is 12.2 Å². The average Bonchev–Trinajstić information content (AvgIpc) is 2.99. The van der Waals surface area contributed by atoms with E-state index < -0.39 is 0 Å². The molecular formula is C13H13N3S. The fourth-order valence-corrected chi connectivity index (χ4v) is 2.64. The minimum Gasteiger partial charge on any atom is -0.341 e. The van der Waals surface area contributed by atoms with Crippen LogP contribution in [0.15, 0.2) is 41.4 Å². The average molecular weight is 243 g/mol. The van der Waals surface area contributed by atoms with Gasteiger partial charge in [-0.15, -0.1) is 11.3 Å². The van der Waals surface area contributed by atoms with Gasteiger partial charge in [-0.05, 0) is 17.7 Å². The lowest BCUT2D eigenvalue weighted by atomic mass is 10.1.